The largest absolute Gasteiger partial charge is 0.478 e. The highest BCUT2D eigenvalue weighted by atomic mass is 35.5. The van der Waals surface area contributed by atoms with Crippen LogP contribution in [-0.4, -0.2) is 27.0 Å². The summed E-state index contributed by atoms with van der Waals surface area (Å²) in [5.74, 6) is -1.63. The van der Waals surface area contributed by atoms with Crippen molar-refractivity contribution in [2.24, 2.45) is 0 Å². The van der Waals surface area contributed by atoms with Crippen LogP contribution in [-0.2, 0) is 0 Å². The number of aromatic carboxylic acids is 1. The Hall–Kier alpha value is -2.18. The van der Waals surface area contributed by atoms with Crippen LogP contribution in [0.2, 0.25) is 10.2 Å². The number of pyridine rings is 2. The molecule has 8 heteroatoms. The molecule has 0 aliphatic heterocycles. The van der Waals surface area contributed by atoms with Gasteiger partial charge in [-0.3, -0.25) is 9.78 Å². The molecule has 2 N–H and O–H groups in total. The van der Waals surface area contributed by atoms with Crippen LogP contribution in [0.1, 0.15) is 20.7 Å². The standard InChI is InChI=1S/C12H7Cl2N3O3/c13-9-2-6(4-16-10(9)14)11(18)17-8-1-7(12(19)20)3-15-5-8/h1-5H,(H,17,18)(H,19,20). The molecule has 0 saturated carbocycles. The first-order valence-electron chi connectivity index (χ1n) is 5.28. The van der Waals surface area contributed by atoms with Crippen LogP contribution < -0.4 is 5.32 Å². The quantitative estimate of drug-likeness (QED) is 0.850. The third kappa shape index (κ3) is 3.23. The van der Waals surface area contributed by atoms with Crippen molar-refractivity contribution in [1.29, 1.82) is 0 Å². The minimum absolute atomic E-state index is 0.0323. The Morgan fingerprint density at radius 3 is 2.50 bits per heavy atom. The predicted molar refractivity (Wildman–Crippen MR) is 73.4 cm³/mol. The number of carboxylic acids is 1. The molecule has 0 unspecified atom stereocenters. The molecule has 2 rings (SSSR count). The molecule has 0 atom stereocenters. The summed E-state index contributed by atoms with van der Waals surface area (Å²) in [6, 6.07) is 2.65. The summed E-state index contributed by atoms with van der Waals surface area (Å²) in [6.07, 6.45) is 3.77. The molecule has 2 aromatic heterocycles. The summed E-state index contributed by atoms with van der Waals surface area (Å²) < 4.78 is 0. The lowest BCUT2D eigenvalue weighted by atomic mass is 10.2. The van der Waals surface area contributed by atoms with Gasteiger partial charge in [-0.2, -0.15) is 0 Å². The number of aromatic nitrogens is 2. The van der Waals surface area contributed by atoms with E-state index in [1.165, 1.54) is 30.7 Å². The molecule has 0 aliphatic carbocycles. The molecule has 0 spiro atoms. The monoisotopic (exact) mass is 311 g/mol. The van der Waals surface area contributed by atoms with Crippen molar-refractivity contribution >= 4 is 40.8 Å². The Morgan fingerprint density at radius 2 is 1.85 bits per heavy atom. The molecule has 0 fully saturated rings. The summed E-state index contributed by atoms with van der Waals surface area (Å²) in [5.41, 5.74) is 0.413. The molecular weight excluding hydrogens is 305 g/mol. The van der Waals surface area contributed by atoms with Crippen molar-refractivity contribution in [1.82, 2.24) is 9.97 Å². The van der Waals surface area contributed by atoms with Crippen LogP contribution in [0.5, 0.6) is 0 Å². The Morgan fingerprint density at radius 1 is 1.10 bits per heavy atom. The molecule has 0 bridgehead atoms. The van der Waals surface area contributed by atoms with Crippen LogP contribution in [0.15, 0.2) is 30.7 Å². The lowest BCUT2D eigenvalue weighted by molar-refractivity contribution is 0.0696. The Kier molecular flexibility index (Phi) is 4.16. The third-order valence-corrected chi connectivity index (χ3v) is 2.99. The van der Waals surface area contributed by atoms with Crippen molar-refractivity contribution in [3.63, 3.8) is 0 Å². The molecule has 1 amide bonds. The van der Waals surface area contributed by atoms with Gasteiger partial charge in [-0.15, -0.1) is 0 Å². The van der Waals surface area contributed by atoms with Gasteiger partial charge in [0, 0.05) is 12.4 Å². The maximum absolute atomic E-state index is 11.9. The number of amides is 1. The number of rotatable bonds is 3. The fourth-order valence-electron chi connectivity index (χ4n) is 1.37. The van der Waals surface area contributed by atoms with Gasteiger partial charge in [0.25, 0.3) is 5.91 Å². The molecular formula is C12H7Cl2N3O3. The number of nitrogens with zero attached hydrogens (tertiary/aromatic N) is 2. The van der Waals surface area contributed by atoms with E-state index < -0.39 is 11.9 Å². The number of nitrogens with one attached hydrogen (secondary N) is 1. The Balaban J connectivity index is 2.21. The molecule has 0 aliphatic rings. The van der Waals surface area contributed by atoms with Crippen molar-refractivity contribution in [3.05, 3.63) is 52.0 Å². The van der Waals surface area contributed by atoms with E-state index in [0.717, 1.165) is 0 Å². The van der Waals surface area contributed by atoms with Gasteiger partial charge >= 0.3 is 5.97 Å². The average Bonchev–Trinajstić information content (AvgIpc) is 2.42. The van der Waals surface area contributed by atoms with Gasteiger partial charge < -0.3 is 10.4 Å². The SMILES string of the molecule is O=C(O)c1cncc(NC(=O)c2cnc(Cl)c(Cl)c2)c1. The molecule has 0 radical (unpaired) electrons. The van der Waals surface area contributed by atoms with Crippen molar-refractivity contribution in [2.45, 2.75) is 0 Å². The number of hydrogen-bond donors (Lipinski definition) is 2. The second-order valence-corrected chi connectivity index (χ2v) is 4.48. The van der Waals surface area contributed by atoms with Gasteiger partial charge in [-0.05, 0) is 12.1 Å². The van der Waals surface area contributed by atoms with Gasteiger partial charge in [-0.1, -0.05) is 23.2 Å². The van der Waals surface area contributed by atoms with Crippen LogP contribution >= 0.6 is 23.2 Å². The van der Waals surface area contributed by atoms with E-state index in [4.69, 9.17) is 28.3 Å². The first kappa shape index (κ1) is 14.2. The topological polar surface area (TPSA) is 92.2 Å². The highest BCUT2D eigenvalue weighted by Crippen LogP contribution is 2.20. The maximum atomic E-state index is 11.9. The highest BCUT2D eigenvalue weighted by Gasteiger charge is 2.11. The van der Waals surface area contributed by atoms with Gasteiger partial charge in [0.2, 0.25) is 0 Å². The van der Waals surface area contributed by atoms with Gasteiger partial charge in [0.15, 0.2) is 0 Å². The zero-order chi connectivity index (χ0) is 14.7. The first-order valence-corrected chi connectivity index (χ1v) is 6.03. The molecule has 2 heterocycles. The summed E-state index contributed by atoms with van der Waals surface area (Å²) in [7, 11) is 0. The molecule has 6 nitrogen and oxygen atoms in total. The lowest BCUT2D eigenvalue weighted by Gasteiger charge is -2.06. The van der Waals surface area contributed by atoms with E-state index in [1.807, 2.05) is 0 Å². The normalized spacial score (nSPS) is 10.1. The summed E-state index contributed by atoms with van der Waals surface area (Å²) in [4.78, 5) is 30.2. The average molecular weight is 312 g/mol. The van der Waals surface area contributed by atoms with E-state index in [0.29, 0.717) is 0 Å². The summed E-state index contributed by atoms with van der Waals surface area (Å²) in [5, 5.41) is 11.6. The second kappa shape index (κ2) is 5.85. The van der Waals surface area contributed by atoms with Crippen LogP contribution in [0.4, 0.5) is 5.69 Å². The first-order chi connectivity index (χ1) is 9.47. The zero-order valence-corrected chi connectivity index (χ0v) is 11.3. The molecule has 2 aromatic rings. The second-order valence-electron chi connectivity index (χ2n) is 3.72. The fraction of sp³-hybridized carbons (Fsp3) is 0. The lowest BCUT2D eigenvalue weighted by Crippen LogP contribution is -2.13. The van der Waals surface area contributed by atoms with Crippen LogP contribution in [0.25, 0.3) is 0 Å². The van der Waals surface area contributed by atoms with E-state index in [1.54, 1.807) is 0 Å². The van der Waals surface area contributed by atoms with Gasteiger partial charge in [0.1, 0.15) is 5.15 Å². The number of carboxylic acid groups (broad SMARTS) is 1. The molecule has 20 heavy (non-hydrogen) atoms. The predicted octanol–water partition coefficient (Wildman–Crippen LogP) is 2.73. The highest BCUT2D eigenvalue weighted by molar-refractivity contribution is 6.41. The number of carbonyl (C=O) groups is 2. The molecule has 102 valence electrons. The number of hydrogen-bond acceptors (Lipinski definition) is 4. The Labute approximate surface area is 123 Å². The van der Waals surface area contributed by atoms with E-state index in [9.17, 15) is 9.59 Å². The third-order valence-electron chi connectivity index (χ3n) is 2.30. The maximum Gasteiger partial charge on any atom is 0.337 e. The van der Waals surface area contributed by atoms with Gasteiger partial charge in [0.05, 0.1) is 28.0 Å². The van der Waals surface area contributed by atoms with E-state index in [2.05, 4.69) is 15.3 Å². The van der Waals surface area contributed by atoms with Crippen LogP contribution in [0, 0.1) is 0 Å². The van der Waals surface area contributed by atoms with Crippen molar-refractivity contribution in [2.75, 3.05) is 5.32 Å². The number of anilines is 1. The Bertz CT molecular complexity index is 691. The number of halogens is 2. The molecule has 0 aromatic carbocycles. The fourth-order valence-corrected chi connectivity index (χ4v) is 1.64. The minimum Gasteiger partial charge on any atom is -0.478 e. The van der Waals surface area contributed by atoms with Crippen molar-refractivity contribution < 1.29 is 14.7 Å². The van der Waals surface area contributed by atoms with E-state index in [-0.39, 0.29) is 27.0 Å². The summed E-state index contributed by atoms with van der Waals surface area (Å²) >= 11 is 11.4. The van der Waals surface area contributed by atoms with E-state index >= 15 is 0 Å². The number of carbonyl (C=O) groups excluding carboxylic acids is 1. The van der Waals surface area contributed by atoms with Crippen molar-refractivity contribution in [3.8, 4) is 0 Å². The minimum atomic E-state index is -1.13. The van der Waals surface area contributed by atoms with Gasteiger partial charge in [-0.25, -0.2) is 9.78 Å². The summed E-state index contributed by atoms with van der Waals surface area (Å²) in [6.45, 7) is 0. The molecule has 0 saturated heterocycles. The smallest absolute Gasteiger partial charge is 0.337 e. The zero-order valence-electron chi connectivity index (χ0n) is 9.80. The van der Waals surface area contributed by atoms with Crippen LogP contribution in [0.3, 0.4) is 0 Å².